The summed E-state index contributed by atoms with van der Waals surface area (Å²) in [5.41, 5.74) is 1.23. The summed E-state index contributed by atoms with van der Waals surface area (Å²) < 4.78 is 10.1. The molecule has 2 aromatic carbocycles. The predicted molar refractivity (Wildman–Crippen MR) is 97.4 cm³/mol. The Morgan fingerprint density at radius 1 is 0.741 bits per heavy atom. The fraction of sp³-hybridized carbons (Fsp3) is 0.300. The van der Waals surface area contributed by atoms with Gasteiger partial charge in [0.15, 0.2) is 0 Å². The fourth-order valence-electron chi connectivity index (χ4n) is 2.19. The Hall–Kier alpha value is -1.13. The molecule has 0 heterocycles. The van der Waals surface area contributed by atoms with Crippen molar-refractivity contribution in [1.29, 1.82) is 0 Å². The number of carbonyl (C=O) groups excluding carboxylic acids is 2. The molecule has 2 rings (SSSR count). The molecule has 0 aliphatic carbocycles. The Bertz CT molecular complexity index is 603. The molecule has 2 aromatic rings. The molecule has 0 saturated carbocycles. The molecule has 6 nitrogen and oxygen atoms in total. The average molecular weight is 496 g/mol. The van der Waals surface area contributed by atoms with E-state index in [0.29, 0.717) is 24.3 Å². The first-order valence-corrected chi connectivity index (χ1v) is 8.26. The molecule has 0 saturated heterocycles. The van der Waals surface area contributed by atoms with Crippen LogP contribution in [0.5, 0.6) is 0 Å². The van der Waals surface area contributed by atoms with E-state index in [0.717, 1.165) is 0 Å². The third-order valence-electron chi connectivity index (χ3n) is 3.30. The molecule has 0 aromatic heterocycles. The number of hydrogen-bond acceptors (Lipinski definition) is 6. The predicted octanol–water partition coefficient (Wildman–Crippen LogP) is 0.647. The summed E-state index contributed by atoms with van der Waals surface area (Å²) in [6.07, 6.45) is -1.91. The second kappa shape index (κ2) is 14.9. The van der Waals surface area contributed by atoms with Gasteiger partial charge in [-0.25, -0.2) is 0 Å². The fourth-order valence-corrected chi connectivity index (χ4v) is 2.19. The number of hydrogen-bond donors (Lipinski definition) is 0. The molecule has 2 atom stereocenters. The molecule has 0 unspecified atom stereocenters. The maximum Gasteiger partial charge on any atom is 2.00 e. The Balaban J connectivity index is 0.000000483. The second-order valence-electron chi connectivity index (χ2n) is 5.13. The number of carboxylic acid groups (broad SMARTS) is 2. The summed E-state index contributed by atoms with van der Waals surface area (Å²) in [5, 5.41) is 21.3. The minimum Gasteiger partial charge on any atom is -0.547 e. The first-order chi connectivity index (χ1) is 12.5. The number of benzene rings is 2. The van der Waals surface area contributed by atoms with E-state index < -0.39 is 24.1 Å². The van der Waals surface area contributed by atoms with Crippen molar-refractivity contribution in [3.05, 3.63) is 71.8 Å². The van der Waals surface area contributed by atoms with Gasteiger partial charge in [-0.1, -0.05) is 60.7 Å². The molecular weight excluding hydrogens is 474 g/mol. The van der Waals surface area contributed by atoms with Gasteiger partial charge in [-0.2, -0.15) is 0 Å². The van der Waals surface area contributed by atoms with Gasteiger partial charge >= 0.3 is 48.9 Å². The van der Waals surface area contributed by atoms with E-state index >= 15 is 0 Å². The SMILES string of the molecule is CCO[C@H](C(=O)[O-])c1ccccc1.CCO[C@H](C(=O)[O-])c1ccccc1.[Ba+2]. The first kappa shape index (κ1) is 25.9. The van der Waals surface area contributed by atoms with E-state index in [9.17, 15) is 19.8 Å². The van der Waals surface area contributed by atoms with Crippen molar-refractivity contribution in [1.82, 2.24) is 0 Å². The van der Waals surface area contributed by atoms with Crippen LogP contribution in [0.2, 0.25) is 0 Å². The molecule has 0 N–H and O–H groups in total. The number of rotatable bonds is 8. The number of carbonyl (C=O) groups is 2. The van der Waals surface area contributed by atoms with Gasteiger partial charge in [0.2, 0.25) is 0 Å². The first-order valence-electron chi connectivity index (χ1n) is 8.26. The van der Waals surface area contributed by atoms with Crippen molar-refractivity contribution in [3.63, 3.8) is 0 Å². The molecule has 0 fully saturated rings. The molecule has 0 spiro atoms. The van der Waals surface area contributed by atoms with Crippen LogP contribution in [0.3, 0.4) is 0 Å². The van der Waals surface area contributed by atoms with Crippen molar-refractivity contribution < 1.29 is 29.3 Å². The third kappa shape index (κ3) is 9.57. The Morgan fingerprint density at radius 2 is 1.04 bits per heavy atom. The third-order valence-corrected chi connectivity index (χ3v) is 3.30. The van der Waals surface area contributed by atoms with Crippen molar-refractivity contribution in [3.8, 4) is 0 Å². The maximum absolute atomic E-state index is 10.7. The van der Waals surface area contributed by atoms with Crippen LogP contribution in [0, 0.1) is 0 Å². The van der Waals surface area contributed by atoms with Crippen molar-refractivity contribution in [2.24, 2.45) is 0 Å². The molecule has 0 bridgehead atoms. The van der Waals surface area contributed by atoms with Gasteiger partial charge in [0.05, 0.1) is 11.9 Å². The van der Waals surface area contributed by atoms with E-state index in [1.165, 1.54) is 0 Å². The Morgan fingerprint density at radius 3 is 1.26 bits per heavy atom. The summed E-state index contributed by atoms with van der Waals surface area (Å²) >= 11 is 0. The Labute approximate surface area is 199 Å². The zero-order chi connectivity index (χ0) is 19.4. The van der Waals surface area contributed by atoms with Gasteiger partial charge in [0, 0.05) is 13.2 Å². The van der Waals surface area contributed by atoms with Crippen molar-refractivity contribution in [2.75, 3.05) is 13.2 Å². The molecule has 0 amide bonds. The number of ether oxygens (including phenoxy) is 2. The van der Waals surface area contributed by atoms with E-state index in [1.807, 2.05) is 12.1 Å². The van der Waals surface area contributed by atoms with E-state index in [1.54, 1.807) is 62.4 Å². The van der Waals surface area contributed by atoms with Crippen LogP contribution in [-0.4, -0.2) is 74.0 Å². The molecule has 0 aliphatic rings. The maximum atomic E-state index is 10.7. The van der Waals surface area contributed by atoms with Crippen LogP contribution in [0.4, 0.5) is 0 Å². The van der Waals surface area contributed by atoms with E-state index in [4.69, 9.17) is 9.47 Å². The van der Waals surface area contributed by atoms with Gasteiger partial charge in [-0.05, 0) is 25.0 Å². The minimum absolute atomic E-state index is 0. The van der Waals surface area contributed by atoms with Crippen LogP contribution in [-0.2, 0) is 19.1 Å². The molecule has 140 valence electrons. The van der Waals surface area contributed by atoms with Crippen LogP contribution >= 0.6 is 0 Å². The number of carboxylic acids is 2. The van der Waals surface area contributed by atoms with E-state index in [-0.39, 0.29) is 48.9 Å². The van der Waals surface area contributed by atoms with Crippen LogP contribution < -0.4 is 10.2 Å². The number of aliphatic carboxylic acids is 2. The zero-order valence-corrected chi connectivity index (χ0v) is 19.9. The molecular formula is C20H22BaO6. The van der Waals surface area contributed by atoms with Crippen molar-refractivity contribution >= 4 is 60.8 Å². The average Bonchev–Trinajstić information content (AvgIpc) is 2.65. The van der Waals surface area contributed by atoms with Crippen molar-refractivity contribution in [2.45, 2.75) is 26.1 Å². The standard InChI is InChI=1S/2C10H12O3.Ba/c2*1-2-13-9(10(11)12)8-6-4-3-5-7-8;/h2*3-7,9H,2H2,1H3,(H,11,12);/q;;+2/p-2/t2*9-;/m00./s1. The van der Waals surface area contributed by atoms with Crippen LogP contribution in [0.15, 0.2) is 60.7 Å². The van der Waals surface area contributed by atoms with Gasteiger partial charge in [0.1, 0.15) is 12.2 Å². The summed E-state index contributed by atoms with van der Waals surface area (Å²) in [6, 6.07) is 17.5. The summed E-state index contributed by atoms with van der Waals surface area (Å²) in [6.45, 7) is 4.21. The smallest absolute Gasteiger partial charge is 0.547 e. The topological polar surface area (TPSA) is 98.7 Å². The zero-order valence-electron chi connectivity index (χ0n) is 15.5. The van der Waals surface area contributed by atoms with Gasteiger partial charge in [-0.3, -0.25) is 0 Å². The van der Waals surface area contributed by atoms with Gasteiger partial charge in [-0.15, -0.1) is 0 Å². The molecule has 0 radical (unpaired) electrons. The minimum atomic E-state index is -1.20. The summed E-state index contributed by atoms with van der Waals surface area (Å²) in [4.78, 5) is 21.3. The summed E-state index contributed by atoms with van der Waals surface area (Å²) in [5.74, 6) is -2.40. The molecule has 0 aliphatic heterocycles. The Kier molecular flexibility index (Phi) is 14.2. The van der Waals surface area contributed by atoms with Gasteiger partial charge in [0.25, 0.3) is 0 Å². The van der Waals surface area contributed by atoms with E-state index in [2.05, 4.69) is 0 Å². The normalized spacial score (nSPS) is 11.9. The quantitative estimate of drug-likeness (QED) is 0.499. The van der Waals surface area contributed by atoms with Crippen LogP contribution in [0.25, 0.3) is 0 Å². The van der Waals surface area contributed by atoms with Crippen LogP contribution in [0.1, 0.15) is 37.2 Å². The molecule has 27 heavy (non-hydrogen) atoms. The monoisotopic (exact) mass is 496 g/mol. The second-order valence-corrected chi connectivity index (χ2v) is 5.13. The largest absolute Gasteiger partial charge is 2.00 e. The summed E-state index contributed by atoms with van der Waals surface area (Å²) in [7, 11) is 0. The van der Waals surface area contributed by atoms with Gasteiger partial charge < -0.3 is 29.3 Å². The molecule has 7 heteroatoms.